The Kier molecular flexibility index (Phi) is 4.04. The highest BCUT2D eigenvalue weighted by Crippen LogP contribution is 2.42. The molecular weight excluding hydrogens is 376 g/mol. The van der Waals surface area contributed by atoms with Crippen LogP contribution >= 0.6 is 31.9 Å². The van der Waals surface area contributed by atoms with Crippen LogP contribution in [0, 0.1) is 0 Å². The molecule has 0 aromatic heterocycles. The molecule has 0 unspecified atom stereocenters. The van der Waals surface area contributed by atoms with E-state index in [2.05, 4.69) is 92.5 Å². The minimum Gasteiger partial charge on any atom is -0.0622 e. The Balaban J connectivity index is 2.32. The summed E-state index contributed by atoms with van der Waals surface area (Å²) < 4.78 is 2.21. The highest BCUT2D eigenvalue weighted by atomic mass is 79.9. The van der Waals surface area contributed by atoms with E-state index in [0.717, 1.165) is 8.95 Å². The van der Waals surface area contributed by atoms with Crippen LogP contribution in [-0.4, -0.2) is 0 Å². The van der Waals surface area contributed by atoms with Crippen molar-refractivity contribution < 1.29 is 0 Å². The van der Waals surface area contributed by atoms with Crippen LogP contribution in [0.25, 0.3) is 22.3 Å². The van der Waals surface area contributed by atoms with Gasteiger partial charge in [-0.15, -0.1) is 0 Å². The monoisotopic (exact) mass is 386 g/mol. The molecule has 3 aromatic rings. The second kappa shape index (κ2) is 5.94. The summed E-state index contributed by atoms with van der Waals surface area (Å²) in [6, 6.07) is 25.1. The maximum atomic E-state index is 3.69. The Morgan fingerprint density at radius 1 is 0.450 bits per heavy atom. The van der Waals surface area contributed by atoms with Crippen LogP contribution in [0.5, 0.6) is 0 Å². The van der Waals surface area contributed by atoms with Crippen molar-refractivity contribution in [1.82, 2.24) is 0 Å². The zero-order valence-corrected chi connectivity index (χ0v) is 13.9. The van der Waals surface area contributed by atoms with Crippen molar-refractivity contribution in [3.63, 3.8) is 0 Å². The second-order valence-electron chi connectivity index (χ2n) is 4.51. The molecule has 0 aliphatic rings. The summed E-state index contributed by atoms with van der Waals surface area (Å²) in [5.41, 5.74) is 4.84. The van der Waals surface area contributed by atoms with Gasteiger partial charge in [-0.25, -0.2) is 0 Å². The molecule has 0 spiro atoms. The Bertz CT molecular complexity index is 655. The number of hydrogen-bond acceptors (Lipinski definition) is 0. The third-order valence-corrected chi connectivity index (χ3v) is 4.55. The molecule has 0 saturated carbocycles. The fraction of sp³-hybridized carbons (Fsp3) is 0. The lowest BCUT2D eigenvalue weighted by atomic mass is 9.95. The van der Waals surface area contributed by atoms with E-state index < -0.39 is 0 Å². The third kappa shape index (κ3) is 2.58. The minimum atomic E-state index is 1.10. The van der Waals surface area contributed by atoms with Crippen LogP contribution in [0.3, 0.4) is 0 Å². The van der Waals surface area contributed by atoms with Gasteiger partial charge in [0.1, 0.15) is 0 Å². The van der Waals surface area contributed by atoms with Gasteiger partial charge in [0, 0.05) is 20.1 Å². The molecule has 0 bridgehead atoms. The number of hydrogen-bond donors (Lipinski definition) is 0. The standard InChI is InChI=1S/C18H12Br2/c19-15-11-12-16(20)18(14-9-5-2-6-10-14)17(15)13-7-3-1-4-8-13/h1-12H. The molecule has 3 rings (SSSR count). The molecular formula is C18H12Br2. The van der Waals surface area contributed by atoms with Crippen molar-refractivity contribution in [2.75, 3.05) is 0 Å². The zero-order chi connectivity index (χ0) is 13.9. The zero-order valence-electron chi connectivity index (χ0n) is 10.7. The average Bonchev–Trinajstić information content (AvgIpc) is 2.51. The van der Waals surface area contributed by atoms with E-state index in [4.69, 9.17) is 0 Å². The molecule has 2 heteroatoms. The van der Waals surface area contributed by atoms with Gasteiger partial charge in [-0.3, -0.25) is 0 Å². The topological polar surface area (TPSA) is 0 Å². The summed E-state index contributed by atoms with van der Waals surface area (Å²) >= 11 is 7.39. The summed E-state index contributed by atoms with van der Waals surface area (Å²) in [6.07, 6.45) is 0. The van der Waals surface area contributed by atoms with Gasteiger partial charge < -0.3 is 0 Å². The molecule has 0 fully saturated rings. The first-order chi connectivity index (χ1) is 9.77. The highest BCUT2D eigenvalue weighted by molar-refractivity contribution is 9.11. The van der Waals surface area contributed by atoms with Crippen LogP contribution in [-0.2, 0) is 0 Å². The van der Waals surface area contributed by atoms with Crippen molar-refractivity contribution in [3.05, 3.63) is 81.7 Å². The lowest BCUT2D eigenvalue weighted by Gasteiger charge is -2.14. The average molecular weight is 388 g/mol. The summed E-state index contributed by atoms with van der Waals surface area (Å²) in [5.74, 6) is 0. The van der Waals surface area contributed by atoms with Crippen molar-refractivity contribution in [2.45, 2.75) is 0 Å². The Morgan fingerprint density at radius 3 is 1.15 bits per heavy atom. The van der Waals surface area contributed by atoms with Gasteiger partial charge in [0.15, 0.2) is 0 Å². The van der Waals surface area contributed by atoms with Gasteiger partial charge in [0.2, 0.25) is 0 Å². The molecule has 3 aromatic carbocycles. The highest BCUT2D eigenvalue weighted by Gasteiger charge is 2.14. The minimum absolute atomic E-state index is 1.10. The number of rotatable bonds is 2. The molecule has 0 N–H and O–H groups in total. The van der Waals surface area contributed by atoms with Gasteiger partial charge in [-0.05, 0) is 23.3 Å². The van der Waals surface area contributed by atoms with Crippen LogP contribution in [0.1, 0.15) is 0 Å². The Labute approximate surface area is 135 Å². The first-order valence-corrected chi connectivity index (χ1v) is 7.95. The van der Waals surface area contributed by atoms with E-state index in [9.17, 15) is 0 Å². The normalized spacial score (nSPS) is 10.5. The summed E-state index contributed by atoms with van der Waals surface area (Å²) in [6.45, 7) is 0. The van der Waals surface area contributed by atoms with Crippen molar-refractivity contribution in [3.8, 4) is 22.3 Å². The van der Waals surface area contributed by atoms with Crippen LogP contribution in [0.4, 0.5) is 0 Å². The summed E-state index contributed by atoms with van der Waals surface area (Å²) in [4.78, 5) is 0. The smallest absolute Gasteiger partial charge is 0.0260 e. The molecule has 0 aliphatic heterocycles. The van der Waals surface area contributed by atoms with Crippen LogP contribution in [0.2, 0.25) is 0 Å². The quantitative estimate of drug-likeness (QED) is 0.467. The van der Waals surface area contributed by atoms with E-state index in [0.29, 0.717) is 0 Å². The van der Waals surface area contributed by atoms with E-state index in [-0.39, 0.29) is 0 Å². The van der Waals surface area contributed by atoms with Crippen molar-refractivity contribution in [1.29, 1.82) is 0 Å². The molecule has 0 atom stereocenters. The lowest BCUT2D eigenvalue weighted by Crippen LogP contribution is -1.88. The van der Waals surface area contributed by atoms with E-state index in [1.165, 1.54) is 22.3 Å². The van der Waals surface area contributed by atoms with Crippen molar-refractivity contribution in [2.24, 2.45) is 0 Å². The predicted molar refractivity (Wildman–Crippen MR) is 92.7 cm³/mol. The van der Waals surface area contributed by atoms with Gasteiger partial charge in [-0.2, -0.15) is 0 Å². The third-order valence-electron chi connectivity index (χ3n) is 3.23. The molecule has 0 saturated heterocycles. The number of halogens is 2. The SMILES string of the molecule is Brc1ccc(Br)c(-c2ccccc2)c1-c1ccccc1. The molecule has 0 nitrogen and oxygen atoms in total. The van der Waals surface area contributed by atoms with E-state index >= 15 is 0 Å². The summed E-state index contributed by atoms with van der Waals surface area (Å²) in [7, 11) is 0. The van der Waals surface area contributed by atoms with Gasteiger partial charge in [0.05, 0.1) is 0 Å². The van der Waals surface area contributed by atoms with E-state index in [1.807, 2.05) is 12.1 Å². The van der Waals surface area contributed by atoms with Crippen LogP contribution < -0.4 is 0 Å². The largest absolute Gasteiger partial charge is 0.0622 e. The maximum absolute atomic E-state index is 3.69. The maximum Gasteiger partial charge on any atom is 0.0260 e. The first-order valence-electron chi connectivity index (χ1n) is 6.36. The number of benzene rings is 3. The lowest BCUT2D eigenvalue weighted by molar-refractivity contribution is 1.53. The molecule has 0 heterocycles. The van der Waals surface area contributed by atoms with E-state index in [1.54, 1.807) is 0 Å². The Hall–Kier alpha value is -1.38. The Morgan fingerprint density at radius 2 is 0.800 bits per heavy atom. The fourth-order valence-corrected chi connectivity index (χ4v) is 3.44. The van der Waals surface area contributed by atoms with Crippen molar-refractivity contribution >= 4 is 31.9 Å². The summed E-state index contributed by atoms with van der Waals surface area (Å²) in [5, 5.41) is 0. The molecule has 0 amide bonds. The molecule has 0 radical (unpaired) electrons. The first kappa shape index (κ1) is 13.6. The van der Waals surface area contributed by atoms with Gasteiger partial charge >= 0.3 is 0 Å². The van der Waals surface area contributed by atoms with Gasteiger partial charge in [0.25, 0.3) is 0 Å². The molecule has 0 aliphatic carbocycles. The fourth-order valence-electron chi connectivity index (χ4n) is 2.33. The van der Waals surface area contributed by atoms with Gasteiger partial charge in [-0.1, -0.05) is 92.5 Å². The van der Waals surface area contributed by atoms with Crippen LogP contribution in [0.15, 0.2) is 81.7 Å². The molecule has 20 heavy (non-hydrogen) atoms. The second-order valence-corrected chi connectivity index (χ2v) is 6.22. The molecule has 98 valence electrons. The predicted octanol–water partition coefficient (Wildman–Crippen LogP) is 6.55.